The minimum Gasteiger partial charge on any atom is -0.385 e. The van der Waals surface area contributed by atoms with Crippen LogP contribution in [-0.4, -0.2) is 32.1 Å². The summed E-state index contributed by atoms with van der Waals surface area (Å²) in [7, 11) is 1.64. The number of hydrogen-bond acceptors (Lipinski definition) is 3. The molecule has 0 aromatic heterocycles. The zero-order valence-electron chi connectivity index (χ0n) is 13.4. The van der Waals surface area contributed by atoms with Gasteiger partial charge in [-0.3, -0.25) is 9.59 Å². The van der Waals surface area contributed by atoms with E-state index in [-0.39, 0.29) is 23.7 Å². The summed E-state index contributed by atoms with van der Waals surface area (Å²) in [5.41, 5.74) is 3.02. The molecule has 1 fully saturated rings. The predicted molar refractivity (Wildman–Crippen MR) is 85.6 cm³/mol. The molecule has 0 aliphatic heterocycles. The van der Waals surface area contributed by atoms with Gasteiger partial charge in [-0.25, -0.2) is 0 Å². The lowest BCUT2D eigenvalue weighted by atomic mass is 10.1. The van der Waals surface area contributed by atoms with E-state index in [1.54, 1.807) is 7.11 Å². The lowest BCUT2D eigenvalue weighted by molar-refractivity contribution is -0.125. The van der Waals surface area contributed by atoms with E-state index >= 15 is 0 Å². The van der Waals surface area contributed by atoms with Gasteiger partial charge in [0.2, 0.25) is 11.8 Å². The molecule has 2 rings (SSSR count). The van der Waals surface area contributed by atoms with Crippen molar-refractivity contribution in [1.82, 2.24) is 5.32 Å². The quantitative estimate of drug-likeness (QED) is 0.757. The van der Waals surface area contributed by atoms with Crippen LogP contribution in [0.25, 0.3) is 0 Å². The number of rotatable bonds is 7. The minimum atomic E-state index is -0.205. The second-order valence-electron chi connectivity index (χ2n) is 5.95. The number of methoxy groups -OCH3 is 1. The molecular weight excluding hydrogens is 280 g/mol. The van der Waals surface area contributed by atoms with Crippen LogP contribution in [0.4, 0.5) is 5.69 Å². The van der Waals surface area contributed by atoms with Crippen molar-refractivity contribution < 1.29 is 14.3 Å². The summed E-state index contributed by atoms with van der Waals surface area (Å²) < 4.78 is 4.93. The lowest BCUT2D eigenvalue weighted by Gasteiger charge is -2.08. The van der Waals surface area contributed by atoms with E-state index in [0.29, 0.717) is 19.6 Å². The highest BCUT2D eigenvalue weighted by Crippen LogP contribution is 2.39. The zero-order valence-corrected chi connectivity index (χ0v) is 13.4. The third-order valence-electron chi connectivity index (χ3n) is 3.78. The highest BCUT2D eigenvalue weighted by molar-refractivity contribution is 5.99. The largest absolute Gasteiger partial charge is 0.385 e. The molecule has 2 N–H and O–H groups in total. The van der Waals surface area contributed by atoms with Crippen molar-refractivity contribution in [2.45, 2.75) is 26.7 Å². The molecule has 1 aliphatic carbocycles. The number of amides is 2. The number of ether oxygens (including phenoxy) is 1. The second-order valence-corrected chi connectivity index (χ2v) is 5.95. The van der Waals surface area contributed by atoms with Crippen LogP contribution in [-0.2, 0) is 14.3 Å². The second kappa shape index (κ2) is 7.40. The van der Waals surface area contributed by atoms with Gasteiger partial charge >= 0.3 is 0 Å². The molecule has 5 heteroatoms. The summed E-state index contributed by atoms with van der Waals surface area (Å²) in [6.07, 6.45) is 1.42. The molecule has 2 unspecified atom stereocenters. The fourth-order valence-electron chi connectivity index (χ4n) is 2.62. The molecule has 22 heavy (non-hydrogen) atoms. The van der Waals surface area contributed by atoms with E-state index in [1.165, 1.54) is 0 Å². The maximum Gasteiger partial charge on any atom is 0.228 e. The van der Waals surface area contributed by atoms with E-state index < -0.39 is 0 Å². The Bertz CT molecular complexity index is 537. The Hall–Kier alpha value is -1.88. The number of aryl methyl sites for hydroxylation is 2. The summed E-state index contributed by atoms with van der Waals surface area (Å²) >= 11 is 0. The van der Waals surface area contributed by atoms with Crippen LogP contribution in [0.1, 0.15) is 24.0 Å². The highest BCUT2D eigenvalue weighted by Gasteiger charge is 2.47. The van der Waals surface area contributed by atoms with Crippen LogP contribution >= 0.6 is 0 Å². The summed E-state index contributed by atoms with van der Waals surface area (Å²) in [5, 5.41) is 5.76. The first-order valence-corrected chi connectivity index (χ1v) is 7.67. The average molecular weight is 304 g/mol. The van der Waals surface area contributed by atoms with Gasteiger partial charge in [-0.05, 0) is 49.9 Å². The molecule has 1 aromatic carbocycles. The molecule has 0 heterocycles. The van der Waals surface area contributed by atoms with E-state index in [9.17, 15) is 9.59 Å². The van der Waals surface area contributed by atoms with Gasteiger partial charge in [0.1, 0.15) is 0 Å². The molecule has 0 radical (unpaired) electrons. The first kappa shape index (κ1) is 16.5. The standard InChI is InChI=1S/C17H24N2O3/c1-11-7-12(2)9-13(8-11)19-17(21)15-10-14(15)16(20)18-5-4-6-22-3/h7-9,14-15H,4-6,10H2,1-3H3,(H,18,20)(H,19,21). The lowest BCUT2D eigenvalue weighted by Crippen LogP contribution is -2.28. The number of benzene rings is 1. The number of carbonyl (C=O) groups is 2. The Morgan fingerprint density at radius 1 is 1.14 bits per heavy atom. The summed E-state index contributed by atoms with van der Waals surface area (Å²) in [5.74, 6) is -0.490. The Balaban J connectivity index is 1.79. The maximum atomic E-state index is 12.2. The third kappa shape index (κ3) is 4.56. The molecule has 0 bridgehead atoms. The van der Waals surface area contributed by atoms with Gasteiger partial charge in [0, 0.05) is 25.9 Å². The van der Waals surface area contributed by atoms with Crippen LogP contribution in [0.2, 0.25) is 0 Å². The van der Waals surface area contributed by atoms with E-state index in [0.717, 1.165) is 23.2 Å². The fourth-order valence-corrected chi connectivity index (χ4v) is 2.62. The van der Waals surface area contributed by atoms with Gasteiger partial charge in [-0.1, -0.05) is 6.07 Å². The maximum absolute atomic E-state index is 12.2. The van der Waals surface area contributed by atoms with E-state index in [2.05, 4.69) is 16.7 Å². The summed E-state index contributed by atoms with van der Waals surface area (Å²) in [6.45, 7) is 5.21. The molecule has 2 atom stereocenters. The predicted octanol–water partition coefficient (Wildman–Crippen LogP) is 2.03. The van der Waals surface area contributed by atoms with Crippen LogP contribution in [0.15, 0.2) is 18.2 Å². The number of nitrogens with one attached hydrogen (secondary N) is 2. The van der Waals surface area contributed by atoms with Gasteiger partial charge in [0.25, 0.3) is 0 Å². The Morgan fingerprint density at radius 2 is 1.77 bits per heavy atom. The molecular formula is C17H24N2O3. The Kier molecular flexibility index (Phi) is 5.55. The molecule has 2 amide bonds. The fraction of sp³-hybridized carbons (Fsp3) is 0.529. The summed E-state index contributed by atoms with van der Waals surface area (Å²) in [4.78, 5) is 24.1. The van der Waals surface area contributed by atoms with Gasteiger partial charge in [-0.2, -0.15) is 0 Å². The van der Waals surface area contributed by atoms with Gasteiger partial charge in [-0.15, -0.1) is 0 Å². The molecule has 0 spiro atoms. The van der Waals surface area contributed by atoms with Crippen molar-refractivity contribution in [3.63, 3.8) is 0 Å². The normalized spacial score (nSPS) is 19.6. The molecule has 1 aliphatic rings. The smallest absolute Gasteiger partial charge is 0.228 e. The SMILES string of the molecule is COCCCNC(=O)C1CC1C(=O)Nc1cc(C)cc(C)c1. The number of carbonyl (C=O) groups excluding carboxylic acids is 2. The van der Waals surface area contributed by atoms with Crippen molar-refractivity contribution in [2.75, 3.05) is 25.6 Å². The molecule has 0 saturated heterocycles. The average Bonchev–Trinajstić information content (AvgIpc) is 3.22. The van der Waals surface area contributed by atoms with Crippen molar-refractivity contribution in [2.24, 2.45) is 11.8 Å². The molecule has 5 nitrogen and oxygen atoms in total. The van der Waals surface area contributed by atoms with Crippen molar-refractivity contribution in [3.8, 4) is 0 Å². The number of anilines is 1. The monoisotopic (exact) mass is 304 g/mol. The third-order valence-corrected chi connectivity index (χ3v) is 3.78. The Labute approximate surface area is 131 Å². The van der Waals surface area contributed by atoms with Crippen LogP contribution < -0.4 is 10.6 Å². The van der Waals surface area contributed by atoms with E-state index in [1.807, 2.05) is 26.0 Å². The van der Waals surface area contributed by atoms with Crippen molar-refractivity contribution in [1.29, 1.82) is 0 Å². The van der Waals surface area contributed by atoms with Gasteiger partial charge < -0.3 is 15.4 Å². The van der Waals surface area contributed by atoms with Gasteiger partial charge in [0.05, 0.1) is 11.8 Å². The minimum absolute atomic E-state index is 0.0309. The van der Waals surface area contributed by atoms with Crippen molar-refractivity contribution >= 4 is 17.5 Å². The molecule has 1 aromatic rings. The van der Waals surface area contributed by atoms with Crippen LogP contribution in [0.5, 0.6) is 0 Å². The van der Waals surface area contributed by atoms with Crippen molar-refractivity contribution in [3.05, 3.63) is 29.3 Å². The molecule has 120 valence electrons. The summed E-state index contributed by atoms with van der Waals surface area (Å²) in [6, 6.07) is 5.93. The Morgan fingerprint density at radius 3 is 2.41 bits per heavy atom. The number of hydrogen-bond donors (Lipinski definition) is 2. The van der Waals surface area contributed by atoms with Crippen LogP contribution in [0, 0.1) is 25.7 Å². The van der Waals surface area contributed by atoms with E-state index in [4.69, 9.17) is 4.74 Å². The zero-order chi connectivity index (χ0) is 16.1. The van der Waals surface area contributed by atoms with Crippen LogP contribution in [0.3, 0.4) is 0 Å². The van der Waals surface area contributed by atoms with Gasteiger partial charge in [0.15, 0.2) is 0 Å². The first-order chi connectivity index (χ1) is 10.5. The highest BCUT2D eigenvalue weighted by atomic mass is 16.5. The first-order valence-electron chi connectivity index (χ1n) is 7.67. The topological polar surface area (TPSA) is 67.4 Å². The molecule has 1 saturated carbocycles.